The minimum atomic E-state index is -1.10. The van der Waals surface area contributed by atoms with Crippen LogP contribution in [0.25, 0.3) is 0 Å². The van der Waals surface area contributed by atoms with Crippen molar-refractivity contribution in [2.75, 3.05) is 13.7 Å². The quantitative estimate of drug-likeness (QED) is 0.729. The fraction of sp³-hybridized carbons (Fsp3) is 0.300. The maximum absolute atomic E-state index is 10.9. The predicted octanol–water partition coefficient (Wildman–Crippen LogP) is 1.01. The third-order valence-corrected chi connectivity index (χ3v) is 2.33. The van der Waals surface area contributed by atoms with Gasteiger partial charge in [0.1, 0.15) is 5.75 Å². The van der Waals surface area contributed by atoms with Crippen LogP contribution in [0, 0.1) is 0 Å². The Morgan fingerprint density at radius 3 is 2.43 bits per heavy atom. The molecule has 2 rings (SSSR count). The van der Waals surface area contributed by atoms with Crippen molar-refractivity contribution < 1.29 is 19.4 Å². The van der Waals surface area contributed by atoms with Crippen molar-refractivity contribution in [2.24, 2.45) is 0 Å². The van der Waals surface area contributed by atoms with Crippen LogP contribution in [-0.4, -0.2) is 24.8 Å². The SMILES string of the molecule is COc1ccc(C2(C(=O)O)CO2)cc1. The molecule has 1 atom stereocenters. The average Bonchev–Trinajstić information content (AvgIpc) is 2.99. The summed E-state index contributed by atoms with van der Waals surface area (Å²) < 4.78 is 9.95. The van der Waals surface area contributed by atoms with Crippen LogP contribution in [0.15, 0.2) is 24.3 Å². The molecule has 74 valence electrons. The van der Waals surface area contributed by atoms with Gasteiger partial charge in [0, 0.05) is 0 Å². The summed E-state index contributed by atoms with van der Waals surface area (Å²) in [5.74, 6) is -0.238. The summed E-state index contributed by atoms with van der Waals surface area (Å²) in [7, 11) is 1.57. The van der Waals surface area contributed by atoms with Gasteiger partial charge < -0.3 is 14.6 Å². The molecule has 4 heteroatoms. The number of epoxide rings is 1. The zero-order valence-corrected chi connectivity index (χ0v) is 7.69. The fourth-order valence-corrected chi connectivity index (χ4v) is 1.35. The molecule has 1 aliphatic heterocycles. The highest BCUT2D eigenvalue weighted by molar-refractivity contribution is 5.82. The van der Waals surface area contributed by atoms with Crippen molar-refractivity contribution in [2.45, 2.75) is 5.60 Å². The first-order chi connectivity index (χ1) is 6.69. The molecule has 0 amide bonds. The van der Waals surface area contributed by atoms with Crippen LogP contribution < -0.4 is 4.74 Å². The molecular formula is C10H10O4. The normalized spacial score (nSPS) is 24.4. The van der Waals surface area contributed by atoms with Crippen LogP contribution in [0.2, 0.25) is 0 Å². The largest absolute Gasteiger partial charge is 0.497 e. The lowest BCUT2D eigenvalue weighted by atomic mass is 10.0. The zero-order valence-electron chi connectivity index (χ0n) is 7.69. The van der Waals surface area contributed by atoms with Gasteiger partial charge in [-0.05, 0) is 17.7 Å². The number of benzene rings is 1. The molecule has 1 aromatic rings. The van der Waals surface area contributed by atoms with Crippen LogP contribution in [-0.2, 0) is 15.1 Å². The monoisotopic (exact) mass is 194 g/mol. The summed E-state index contributed by atoms with van der Waals surface area (Å²) in [4.78, 5) is 10.9. The molecule has 1 fully saturated rings. The van der Waals surface area contributed by atoms with Gasteiger partial charge in [0.05, 0.1) is 13.7 Å². The van der Waals surface area contributed by atoms with Crippen LogP contribution in [0.1, 0.15) is 5.56 Å². The van der Waals surface area contributed by atoms with E-state index in [0.717, 1.165) is 0 Å². The molecule has 0 spiro atoms. The van der Waals surface area contributed by atoms with Crippen LogP contribution in [0.5, 0.6) is 5.75 Å². The Balaban J connectivity index is 2.29. The van der Waals surface area contributed by atoms with E-state index in [2.05, 4.69) is 0 Å². The molecule has 14 heavy (non-hydrogen) atoms. The topological polar surface area (TPSA) is 59.1 Å². The van der Waals surface area contributed by atoms with Crippen molar-refractivity contribution in [3.05, 3.63) is 29.8 Å². The smallest absolute Gasteiger partial charge is 0.343 e. The third kappa shape index (κ3) is 1.24. The highest BCUT2D eigenvalue weighted by Gasteiger charge is 2.54. The maximum Gasteiger partial charge on any atom is 0.343 e. The Kier molecular flexibility index (Phi) is 1.93. The Labute approximate surface area is 81.1 Å². The van der Waals surface area contributed by atoms with E-state index < -0.39 is 11.6 Å². The molecule has 1 aliphatic rings. The number of ether oxygens (including phenoxy) is 2. The van der Waals surface area contributed by atoms with Crippen LogP contribution in [0.4, 0.5) is 0 Å². The number of rotatable bonds is 3. The molecular weight excluding hydrogens is 184 g/mol. The fourth-order valence-electron chi connectivity index (χ4n) is 1.35. The number of aliphatic carboxylic acids is 1. The lowest BCUT2D eigenvalue weighted by Crippen LogP contribution is -2.21. The summed E-state index contributed by atoms with van der Waals surface area (Å²) in [6.45, 7) is 0.245. The van der Waals surface area contributed by atoms with E-state index in [1.54, 1.807) is 31.4 Å². The Bertz CT molecular complexity index is 351. The number of carboxylic acid groups (broad SMARTS) is 1. The van der Waals surface area contributed by atoms with Crippen molar-refractivity contribution in [3.8, 4) is 5.75 Å². The molecule has 1 heterocycles. The molecule has 0 radical (unpaired) electrons. The molecule has 1 unspecified atom stereocenters. The Morgan fingerprint density at radius 1 is 1.50 bits per heavy atom. The van der Waals surface area contributed by atoms with Gasteiger partial charge in [-0.25, -0.2) is 4.79 Å². The third-order valence-electron chi connectivity index (χ3n) is 2.33. The maximum atomic E-state index is 10.9. The highest BCUT2D eigenvalue weighted by Crippen LogP contribution is 2.39. The van der Waals surface area contributed by atoms with E-state index in [0.29, 0.717) is 11.3 Å². The van der Waals surface area contributed by atoms with Gasteiger partial charge in [0.15, 0.2) is 0 Å². The van der Waals surface area contributed by atoms with E-state index in [1.807, 2.05) is 0 Å². The highest BCUT2D eigenvalue weighted by atomic mass is 16.6. The summed E-state index contributed by atoms with van der Waals surface area (Å²) >= 11 is 0. The van der Waals surface area contributed by atoms with E-state index in [9.17, 15) is 4.79 Å². The summed E-state index contributed by atoms with van der Waals surface area (Å²) in [5.41, 5.74) is -0.447. The van der Waals surface area contributed by atoms with Crippen LogP contribution >= 0.6 is 0 Å². The van der Waals surface area contributed by atoms with E-state index >= 15 is 0 Å². The second kappa shape index (κ2) is 2.99. The summed E-state index contributed by atoms with van der Waals surface area (Å²) in [6.07, 6.45) is 0. The lowest BCUT2D eigenvalue weighted by Gasteiger charge is -2.07. The van der Waals surface area contributed by atoms with Crippen molar-refractivity contribution >= 4 is 5.97 Å². The first kappa shape index (κ1) is 9.02. The van der Waals surface area contributed by atoms with Gasteiger partial charge in [-0.3, -0.25) is 0 Å². The van der Waals surface area contributed by atoms with Gasteiger partial charge in [0.2, 0.25) is 5.60 Å². The molecule has 1 saturated heterocycles. The number of hydrogen-bond acceptors (Lipinski definition) is 3. The zero-order chi connectivity index (χ0) is 10.2. The van der Waals surface area contributed by atoms with Crippen molar-refractivity contribution in [3.63, 3.8) is 0 Å². The van der Waals surface area contributed by atoms with Gasteiger partial charge in [-0.15, -0.1) is 0 Å². The number of carbonyl (C=O) groups is 1. The van der Waals surface area contributed by atoms with Crippen molar-refractivity contribution in [1.29, 1.82) is 0 Å². The molecule has 0 saturated carbocycles. The minimum Gasteiger partial charge on any atom is -0.497 e. The molecule has 1 aromatic carbocycles. The van der Waals surface area contributed by atoms with Gasteiger partial charge in [0.25, 0.3) is 0 Å². The summed E-state index contributed by atoms with van der Waals surface area (Å²) in [6, 6.07) is 6.86. The summed E-state index contributed by atoms with van der Waals surface area (Å²) in [5, 5.41) is 8.93. The van der Waals surface area contributed by atoms with E-state index in [-0.39, 0.29) is 6.61 Å². The second-order valence-electron chi connectivity index (χ2n) is 3.15. The van der Waals surface area contributed by atoms with Gasteiger partial charge >= 0.3 is 5.97 Å². The van der Waals surface area contributed by atoms with Crippen LogP contribution in [0.3, 0.4) is 0 Å². The van der Waals surface area contributed by atoms with Crippen molar-refractivity contribution in [1.82, 2.24) is 0 Å². The number of carboxylic acids is 1. The number of hydrogen-bond donors (Lipinski definition) is 1. The molecule has 0 bridgehead atoms. The standard InChI is InChI=1S/C10H10O4/c1-13-8-4-2-7(3-5-8)10(6-14-10)9(11)12/h2-5H,6H2,1H3,(H,11,12). The molecule has 1 N–H and O–H groups in total. The molecule has 0 aliphatic carbocycles. The lowest BCUT2D eigenvalue weighted by molar-refractivity contribution is -0.143. The van der Waals surface area contributed by atoms with E-state index in [1.165, 1.54) is 0 Å². The number of methoxy groups -OCH3 is 1. The molecule has 4 nitrogen and oxygen atoms in total. The second-order valence-corrected chi connectivity index (χ2v) is 3.15. The van der Waals surface area contributed by atoms with Gasteiger partial charge in [-0.1, -0.05) is 12.1 Å². The first-order valence-corrected chi connectivity index (χ1v) is 4.21. The van der Waals surface area contributed by atoms with E-state index in [4.69, 9.17) is 14.6 Å². The first-order valence-electron chi connectivity index (χ1n) is 4.21. The molecule has 0 aromatic heterocycles. The Hall–Kier alpha value is -1.55. The average molecular weight is 194 g/mol. The van der Waals surface area contributed by atoms with Gasteiger partial charge in [-0.2, -0.15) is 0 Å². The minimum absolute atomic E-state index is 0.245. The Morgan fingerprint density at radius 2 is 2.07 bits per heavy atom. The predicted molar refractivity (Wildman–Crippen MR) is 48.3 cm³/mol.